The van der Waals surface area contributed by atoms with Crippen LogP contribution in [0.25, 0.3) is 11.5 Å². The molecule has 2 atom stereocenters. The molecule has 1 saturated heterocycles. The molecule has 1 aliphatic rings. The van der Waals surface area contributed by atoms with E-state index in [9.17, 15) is 9.65 Å². The number of hydrogen-bond acceptors (Lipinski definition) is 5. The van der Waals surface area contributed by atoms with E-state index in [0.29, 0.717) is 30.4 Å². The zero-order valence-corrected chi connectivity index (χ0v) is 12.4. The largest absolute Gasteiger partial charge is 0.419 e. The lowest BCUT2D eigenvalue weighted by atomic mass is 10.2. The van der Waals surface area contributed by atoms with Gasteiger partial charge in [0.05, 0.1) is 12.2 Å². The summed E-state index contributed by atoms with van der Waals surface area (Å²) in [5, 5.41) is 9.29. The summed E-state index contributed by atoms with van der Waals surface area (Å²) in [4.78, 5) is 6.19. The Balaban J connectivity index is 1.95. The van der Waals surface area contributed by atoms with Crippen LogP contribution < -0.4 is 4.90 Å². The molecule has 1 aliphatic heterocycles. The van der Waals surface area contributed by atoms with Gasteiger partial charge in [0, 0.05) is 18.7 Å². The van der Waals surface area contributed by atoms with Crippen LogP contribution in [0, 0.1) is 17.1 Å². The van der Waals surface area contributed by atoms with E-state index in [0.717, 1.165) is 0 Å². The predicted molar refractivity (Wildman–Crippen MR) is 78.8 cm³/mol. The number of rotatable bonds is 2. The first-order valence-corrected chi connectivity index (χ1v) is 7.14. The van der Waals surface area contributed by atoms with E-state index in [2.05, 4.69) is 11.1 Å². The fourth-order valence-corrected chi connectivity index (χ4v) is 2.66. The molecule has 2 unspecified atom stereocenters. The van der Waals surface area contributed by atoms with Crippen molar-refractivity contribution in [2.75, 3.05) is 18.0 Å². The van der Waals surface area contributed by atoms with Crippen molar-refractivity contribution in [3.8, 4) is 17.5 Å². The number of morpholine rings is 1. The fraction of sp³-hybridized carbons (Fsp3) is 0.375. The maximum Gasteiger partial charge on any atom is 0.235 e. The number of ether oxygens (including phenoxy) is 1. The van der Waals surface area contributed by atoms with Crippen molar-refractivity contribution in [1.29, 1.82) is 5.26 Å². The normalized spacial score (nSPS) is 21.6. The molecule has 0 aliphatic carbocycles. The molecule has 0 N–H and O–H groups in total. The molecule has 2 aromatic rings. The van der Waals surface area contributed by atoms with Gasteiger partial charge in [-0.2, -0.15) is 10.2 Å². The van der Waals surface area contributed by atoms with Gasteiger partial charge in [-0.05, 0) is 38.1 Å². The number of hydrogen-bond donors (Lipinski definition) is 0. The van der Waals surface area contributed by atoms with E-state index in [-0.39, 0.29) is 23.7 Å². The topological polar surface area (TPSA) is 62.3 Å². The second-order valence-electron chi connectivity index (χ2n) is 5.45. The number of benzene rings is 1. The molecule has 0 saturated carbocycles. The molecular formula is C16H16FN3O2. The minimum atomic E-state index is -0.327. The average Bonchev–Trinajstić information content (AvgIpc) is 2.91. The third-order valence-corrected chi connectivity index (χ3v) is 3.51. The van der Waals surface area contributed by atoms with Crippen LogP contribution in [0.5, 0.6) is 0 Å². The SMILES string of the molecule is CC1CN(c2oc(-c3ccc(F)cc3)nc2C#N)CC(C)O1. The minimum Gasteiger partial charge on any atom is -0.419 e. The smallest absolute Gasteiger partial charge is 0.235 e. The Hall–Kier alpha value is -2.39. The Labute approximate surface area is 127 Å². The summed E-state index contributed by atoms with van der Waals surface area (Å²) in [5.41, 5.74) is 0.874. The van der Waals surface area contributed by atoms with Gasteiger partial charge in [-0.15, -0.1) is 0 Å². The van der Waals surface area contributed by atoms with Gasteiger partial charge in [-0.1, -0.05) is 0 Å². The molecular weight excluding hydrogens is 285 g/mol. The molecule has 5 nitrogen and oxygen atoms in total. The fourth-order valence-electron chi connectivity index (χ4n) is 2.66. The highest BCUT2D eigenvalue weighted by Crippen LogP contribution is 2.30. The lowest BCUT2D eigenvalue weighted by molar-refractivity contribution is -0.00638. The first-order valence-electron chi connectivity index (χ1n) is 7.14. The Morgan fingerprint density at radius 3 is 2.45 bits per heavy atom. The number of aromatic nitrogens is 1. The van der Waals surface area contributed by atoms with Crippen molar-refractivity contribution >= 4 is 5.88 Å². The van der Waals surface area contributed by atoms with Crippen LogP contribution in [-0.2, 0) is 4.74 Å². The van der Waals surface area contributed by atoms with Gasteiger partial charge in [0.15, 0.2) is 0 Å². The number of anilines is 1. The van der Waals surface area contributed by atoms with E-state index in [1.54, 1.807) is 12.1 Å². The maximum absolute atomic E-state index is 13.0. The lowest BCUT2D eigenvalue weighted by Gasteiger charge is -2.34. The summed E-state index contributed by atoms with van der Waals surface area (Å²) >= 11 is 0. The molecule has 0 radical (unpaired) electrons. The van der Waals surface area contributed by atoms with Crippen molar-refractivity contribution in [3.05, 3.63) is 35.8 Å². The Morgan fingerprint density at radius 1 is 1.23 bits per heavy atom. The molecule has 1 aromatic carbocycles. The van der Waals surface area contributed by atoms with Gasteiger partial charge < -0.3 is 14.1 Å². The van der Waals surface area contributed by atoms with E-state index in [1.165, 1.54) is 12.1 Å². The lowest BCUT2D eigenvalue weighted by Crippen LogP contribution is -2.45. The minimum absolute atomic E-state index is 0.0506. The molecule has 22 heavy (non-hydrogen) atoms. The molecule has 3 rings (SSSR count). The zero-order valence-electron chi connectivity index (χ0n) is 12.4. The third-order valence-electron chi connectivity index (χ3n) is 3.51. The summed E-state index contributed by atoms with van der Waals surface area (Å²) in [6.45, 7) is 5.23. The van der Waals surface area contributed by atoms with Crippen molar-refractivity contribution < 1.29 is 13.5 Å². The van der Waals surface area contributed by atoms with Crippen molar-refractivity contribution in [2.24, 2.45) is 0 Å². The first-order chi connectivity index (χ1) is 10.6. The molecule has 6 heteroatoms. The second-order valence-corrected chi connectivity index (χ2v) is 5.45. The monoisotopic (exact) mass is 301 g/mol. The van der Waals surface area contributed by atoms with Crippen LogP contribution in [0.2, 0.25) is 0 Å². The summed E-state index contributed by atoms with van der Waals surface area (Å²) in [6, 6.07) is 7.90. The van der Waals surface area contributed by atoms with Crippen LogP contribution >= 0.6 is 0 Å². The summed E-state index contributed by atoms with van der Waals surface area (Å²) in [6.07, 6.45) is 0.101. The zero-order chi connectivity index (χ0) is 15.7. The highest BCUT2D eigenvalue weighted by Gasteiger charge is 2.28. The van der Waals surface area contributed by atoms with Crippen LogP contribution in [0.3, 0.4) is 0 Å². The Morgan fingerprint density at radius 2 is 1.86 bits per heavy atom. The number of nitriles is 1. The van der Waals surface area contributed by atoms with Crippen molar-refractivity contribution in [3.63, 3.8) is 0 Å². The van der Waals surface area contributed by atoms with Gasteiger partial charge in [0.1, 0.15) is 11.9 Å². The maximum atomic E-state index is 13.0. The Kier molecular flexibility index (Phi) is 3.82. The Bertz CT molecular complexity index is 695. The molecule has 0 bridgehead atoms. The molecule has 1 fully saturated rings. The van der Waals surface area contributed by atoms with Gasteiger partial charge in [-0.3, -0.25) is 0 Å². The van der Waals surface area contributed by atoms with E-state index in [1.807, 2.05) is 18.7 Å². The highest BCUT2D eigenvalue weighted by molar-refractivity contribution is 5.59. The van der Waals surface area contributed by atoms with Gasteiger partial charge in [0.2, 0.25) is 17.5 Å². The van der Waals surface area contributed by atoms with Crippen LogP contribution in [0.4, 0.5) is 10.3 Å². The van der Waals surface area contributed by atoms with Crippen LogP contribution in [0.1, 0.15) is 19.5 Å². The van der Waals surface area contributed by atoms with Gasteiger partial charge >= 0.3 is 0 Å². The second kappa shape index (κ2) is 5.78. The molecule has 1 aromatic heterocycles. The summed E-state index contributed by atoms with van der Waals surface area (Å²) in [7, 11) is 0. The van der Waals surface area contributed by atoms with Crippen LogP contribution in [0.15, 0.2) is 28.7 Å². The van der Waals surface area contributed by atoms with Crippen LogP contribution in [-0.4, -0.2) is 30.3 Å². The third kappa shape index (κ3) is 2.81. The number of oxazole rings is 1. The average molecular weight is 301 g/mol. The molecule has 0 spiro atoms. The first kappa shape index (κ1) is 14.5. The van der Waals surface area contributed by atoms with E-state index in [4.69, 9.17) is 9.15 Å². The standard InChI is InChI=1S/C16H16FN3O2/c1-10-8-20(9-11(2)21-10)16-14(7-18)19-15(22-16)12-3-5-13(17)6-4-12/h3-6,10-11H,8-9H2,1-2H3. The van der Waals surface area contributed by atoms with Gasteiger partial charge in [-0.25, -0.2) is 4.39 Å². The highest BCUT2D eigenvalue weighted by atomic mass is 19.1. The van der Waals surface area contributed by atoms with E-state index < -0.39 is 0 Å². The predicted octanol–water partition coefficient (Wildman–Crippen LogP) is 2.97. The molecule has 114 valence electrons. The van der Waals surface area contributed by atoms with Gasteiger partial charge in [0.25, 0.3) is 0 Å². The number of nitrogens with zero attached hydrogens (tertiary/aromatic N) is 3. The van der Waals surface area contributed by atoms with Crippen molar-refractivity contribution in [1.82, 2.24) is 4.98 Å². The van der Waals surface area contributed by atoms with E-state index >= 15 is 0 Å². The quantitative estimate of drug-likeness (QED) is 0.853. The summed E-state index contributed by atoms with van der Waals surface area (Å²) < 4.78 is 24.5. The molecule has 2 heterocycles. The number of halogens is 1. The van der Waals surface area contributed by atoms with Crippen molar-refractivity contribution in [2.45, 2.75) is 26.1 Å². The summed E-state index contributed by atoms with van der Waals surface area (Å²) in [5.74, 6) is 0.439. The molecule has 0 amide bonds.